The molecule has 11 heteroatoms. The third-order valence-corrected chi connectivity index (χ3v) is 5.89. The average Bonchev–Trinajstić information content (AvgIpc) is 2.81. The molecule has 2 aromatic carbocycles. The van der Waals surface area contributed by atoms with Gasteiger partial charge in [-0.25, -0.2) is 22.8 Å². The number of nitrogens with one attached hydrogen (secondary N) is 2. The molecule has 0 saturated carbocycles. The van der Waals surface area contributed by atoms with Gasteiger partial charge in [-0.2, -0.15) is 4.72 Å². The first kappa shape index (κ1) is 24.5. The highest BCUT2D eigenvalue weighted by atomic mass is 32.2. The number of sulfonamides is 1. The second kappa shape index (κ2) is 10.7. The molecule has 0 radical (unpaired) electrons. The predicted molar refractivity (Wildman–Crippen MR) is 123 cm³/mol. The van der Waals surface area contributed by atoms with Gasteiger partial charge in [-0.05, 0) is 43.3 Å². The summed E-state index contributed by atoms with van der Waals surface area (Å²) in [5.41, 5.74) is 0.377. The van der Waals surface area contributed by atoms with Crippen LogP contribution in [0.1, 0.15) is 22.8 Å². The first-order chi connectivity index (χ1) is 16.2. The van der Waals surface area contributed by atoms with E-state index in [-0.39, 0.29) is 35.8 Å². The number of fused-ring (bicyclic) bond motifs is 1. The van der Waals surface area contributed by atoms with Crippen LogP contribution in [0.4, 0.5) is 10.5 Å². The van der Waals surface area contributed by atoms with E-state index in [4.69, 9.17) is 20.3 Å². The van der Waals surface area contributed by atoms with Crippen molar-refractivity contribution in [2.45, 2.75) is 18.4 Å². The van der Waals surface area contributed by atoms with Crippen LogP contribution in [0.3, 0.4) is 0 Å². The number of esters is 1. The third-order valence-electron chi connectivity index (χ3n) is 4.48. The second-order valence-corrected chi connectivity index (χ2v) is 8.54. The summed E-state index contributed by atoms with van der Waals surface area (Å²) in [5.74, 6) is 1.45. The maximum Gasteiger partial charge on any atom is 0.411 e. The fraction of sp³-hybridized carbons (Fsp3) is 0.174. The fourth-order valence-electron chi connectivity index (χ4n) is 2.93. The molecule has 0 bridgehead atoms. The van der Waals surface area contributed by atoms with Crippen molar-refractivity contribution in [2.75, 3.05) is 18.5 Å². The number of carbonyl (C=O) groups is 2. The van der Waals surface area contributed by atoms with E-state index >= 15 is 0 Å². The van der Waals surface area contributed by atoms with Crippen LogP contribution in [-0.4, -0.2) is 33.6 Å². The van der Waals surface area contributed by atoms with Crippen LogP contribution >= 0.6 is 0 Å². The molecule has 2 N–H and O–H groups in total. The Hall–Kier alpha value is -4.14. The lowest BCUT2D eigenvalue weighted by Gasteiger charge is -2.10. The van der Waals surface area contributed by atoms with Gasteiger partial charge in [-0.3, -0.25) is 5.32 Å². The minimum Gasteiger partial charge on any atom is -0.457 e. The summed E-state index contributed by atoms with van der Waals surface area (Å²) in [7, 11) is -3.79. The lowest BCUT2D eigenvalue weighted by molar-refractivity contribution is 0.0473. The van der Waals surface area contributed by atoms with Gasteiger partial charge in [0.25, 0.3) is 0 Å². The molecule has 0 spiro atoms. The molecular weight excluding hydrogens is 464 g/mol. The van der Waals surface area contributed by atoms with Crippen LogP contribution in [0.15, 0.2) is 62.6 Å². The fourth-order valence-corrected chi connectivity index (χ4v) is 3.86. The third kappa shape index (κ3) is 6.00. The monoisotopic (exact) mass is 484 g/mol. The van der Waals surface area contributed by atoms with Crippen LogP contribution in [-0.2, 0) is 26.1 Å². The summed E-state index contributed by atoms with van der Waals surface area (Å²) in [5, 5.41) is 3.01. The van der Waals surface area contributed by atoms with Crippen molar-refractivity contribution in [3.05, 3.63) is 70.1 Å². The molecule has 1 amide bonds. The molecule has 176 valence electrons. The van der Waals surface area contributed by atoms with E-state index < -0.39 is 27.7 Å². The Morgan fingerprint density at radius 3 is 2.50 bits per heavy atom. The number of benzene rings is 2. The number of hydrogen-bond acceptors (Lipinski definition) is 8. The number of anilines is 1. The van der Waals surface area contributed by atoms with Crippen LogP contribution in [0.5, 0.6) is 0 Å². The Morgan fingerprint density at radius 1 is 1.09 bits per heavy atom. The van der Waals surface area contributed by atoms with E-state index in [1.165, 1.54) is 36.4 Å². The van der Waals surface area contributed by atoms with Crippen molar-refractivity contribution in [2.24, 2.45) is 0 Å². The second-order valence-electron chi connectivity index (χ2n) is 6.78. The summed E-state index contributed by atoms with van der Waals surface area (Å²) in [6, 6.07) is 10.9. The van der Waals surface area contributed by atoms with Gasteiger partial charge in [0, 0.05) is 28.8 Å². The zero-order chi connectivity index (χ0) is 24.7. The number of carbonyl (C=O) groups excluding carboxylic acids is 2. The van der Waals surface area contributed by atoms with Crippen LogP contribution < -0.4 is 15.7 Å². The Morgan fingerprint density at radius 2 is 1.82 bits per heavy atom. The topological polar surface area (TPSA) is 141 Å². The molecule has 0 fully saturated rings. The van der Waals surface area contributed by atoms with Crippen molar-refractivity contribution in [1.82, 2.24) is 4.72 Å². The molecule has 0 aliphatic rings. The summed E-state index contributed by atoms with van der Waals surface area (Å²) in [4.78, 5) is 35.9. The maximum absolute atomic E-state index is 12.4. The number of rotatable bonds is 8. The number of ether oxygens (including phenoxy) is 2. The van der Waals surface area contributed by atoms with Crippen molar-refractivity contribution >= 4 is 38.7 Å². The van der Waals surface area contributed by atoms with Crippen LogP contribution in [0.25, 0.3) is 11.0 Å². The smallest absolute Gasteiger partial charge is 0.411 e. The minimum absolute atomic E-state index is 0.0572. The average molecular weight is 484 g/mol. The molecule has 0 aliphatic heterocycles. The molecule has 1 aromatic heterocycles. The van der Waals surface area contributed by atoms with E-state index in [0.717, 1.165) is 0 Å². The predicted octanol–water partition coefficient (Wildman–Crippen LogP) is 2.63. The molecule has 34 heavy (non-hydrogen) atoms. The van der Waals surface area contributed by atoms with Gasteiger partial charge >= 0.3 is 17.7 Å². The van der Waals surface area contributed by atoms with E-state index in [1.807, 2.05) is 0 Å². The zero-order valence-corrected chi connectivity index (χ0v) is 18.8. The van der Waals surface area contributed by atoms with Crippen LogP contribution in [0.2, 0.25) is 0 Å². The minimum atomic E-state index is -3.79. The standard InChI is InChI=1S/C23H20N2O8S/c1-3-11-24-34(29,30)18-8-5-15(6-9-18)22(27)32-14-16-12-21(26)33-20-13-17(7-10-19(16)20)25-23(28)31-4-2/h1,5-10,12-13,24H,4,11,14H2,2H3,(H,25,28). The van der Waals surface area contributed by atoms with Gasteiger partial charge in [-0.1, -0.05) is 5.92 Å². The molecule has 3 aromatic rings. The van der Waals surface area contributed by atoms with Crippen molar-refractivity contribution in [3.8, 4) is 12.3 Å². The molecule has 0 aliphatic carbocycles. The number of amides is 1. The van der Waals surface area contributed by atoms with Crippen molar-refractivity contribution in [1.29, 1.82) is 0 Å². The summed E-state index contributed by atoms with van der Waals surface area (Å²) < 4.78 is 41.6. The SMILES string of the molecule is C#CCNS(=O)(=O)c1ccc(C(=O)OCc2cc(=O)oc3cc(NC(=O)OCC)ccc23)cc1. The highest BCUT2D eigenvalue weighted by molar-refractivity contribution is 7.89. The van der Waals surface area contributed by atoms with Gasteiger partial charge in [0.05, 0.1) is 23.6 Å². The van der Waals surface area contributed by atoms with E-state index in [1.54, 1.807) is 19.1 Å². The van der Waals surface area contributed by atoms with Crippen molar-refractivity contribution in [3.63, 3.8) is 0 Å². The molecular formula is C23H20N2O8S. The van der Waals surface area contributed by atoms with E-state index in [2.05, 4.69) is 16.0 Å². The largest absolute Gasteiger partial charge is 0.457 e. The quantitative estimate of drug-likeness (QED) is 0.282. The Bertz CT molecular complexity index is 1420. The Labute approximate surface area is 194 Å². The zero-order valence-electron chi connectivity index (χ0n) is 18.0. The maximum atomic E-state index is 12.4. The van der Waals surface area contributed by atoms with Gasteiger partial charge in [-0.15, -0.1) is 6.42 Å². The number of hydrogen-bond donors (Lipinski definition) is 2. The Balaban J connectivity index is 1.74. The van der Waals surface area contributed by atoms with Crippen LogP contribution in [0, 0.1) is 12.3 Å². The van der Waals surface area contributed by atoms with Gasteiger partial charge in [0.1, 0.15) is 12.2 Å². The first-order valence-electron chi connectivity index (χ1n) is 9.94. The van der Waals surface area contributed by atoms with Gasteiger partial charge < -0.3 is 13.9 Å². The summed E-state index contributed by atoms with van der Waals surface area (Å²) >= 11 is 0. The molecule has 0 saturated heterocycles. The molecule has 10 nitrogen and oxygen atoms in total. The normalized spacial score (nSPS) is 10.9. The molecule has 3 rings (SSSR count). The molecule has 1 heterocycles. The lowest BCUT2D eigenvalue weighted by atomic mass is 10.1. The highest BCUT2D eigenvalue weighted by Gasteiger charge is 2.16. The summed E-state index contributed by atoms with van der Waals surface area (Å²) in [6.45, 7) is 1.47. The number of terminal acetylenes is 1. The highest BCUT2D eigenvalue weighted by Crippen LogP contribution is 2.22. The van der Waals surface area contributed by atoms with Gasteiger partial charge in [0.15, 0.2) is 0 Å². The first-order valence-corrected chi connectivity index (χ1v) is 11.4. The van der Waals surface area contributed by atoms with Crippen molar-refractivity contribution < 1.29 is 31.9 Å². The van der Waals surface area contributed by atoms with E-state index in [9.17, 15) is 22.8 Å². The van der Waals surface area contributed by atoms with Gasteiger partial charge in [0.2, 0.25) is 10.0 Å². The summed E-state index contributed by atoms with van der Waals surface area (Å²) in [6.07, 6.45) is 4.40. The Kier molecular flexibility index (Phi) is 7.68. The molecule has 0 atom stereocenters. The molecule has 0 unspecified atom stereocenters. The van der Waals surface area contributed by atoms with E-state index in [0.29, 0.717) is 16.6 Å². The lowest BCUT2D eigenvalue weighted by Crippen LogP contribution is -2.23.